The Bertz CT molecular complexity index is 404. The number of nitrogens with zero attached hydrogens (tertiary/aromatic N) is 1. The van der Waals surface area contributed by atoms with Crippen molar-refractivity contribution in [3.05, 3.63) is 34.4 Å². The Morgan fingerprint density at radius 3 is 2.53 bits per heavy atom. The Kier molecular flexibility index (Phi) is 4.41. The molecular formula is C10H12N2O5. The Morgan fingerprint density at radius 1 is 1.47 bits per heavy atom. The highest BCUT2D eigenvalue weighted by molar-refractivity contribution is 5.75. The van der Waals surface area contributed by atoms with Crippen molar-refractivity contribution in [2.45, 2.75) is 6.04 Å². The fourth-order valence-corrected chi connectivity index (χ4v) is 1.07. The number of nitrogens with two attached hydrogens (primary N) is 1. The number of non-ortho nitro benzene ring substituents is 1. The summed E-state index contributed by atoms with van der Waals surface area (Å²) in [6, 6.07) is 4.60. The number of ether oxygens (including phenoxy) is 2. The van der Waals surface area contributed by atoms with Crippen LogP contribution in [0.1, 0.15) is 0 Å². The van der Waals surface area contributed by atoms with Crippen molar-refractivity contribution >= 4 is 11.7 Å². The fraction of sp³-hybridized carbons (Fsp3) is 0.300. The van der Waals surface area contributed by atoms with Crippen molar-refractivity contribution in [3.8, 4) is 5.75 Å². The van der Waals surface area contributed by atoms with Crippen LogP contribution in [0.3, 0.4) is 0 Å². The number of rotatable bonds is 5. The molecule has 2 N–H and O–H groups in total. The van der Waals surface area contributed by atoms with Gasteiger partial charge in [-0.25, -0.2) is 0 Å². The van der Waals surface area contributed by atoms with Crippen LogP contribution in [0.15, 0.2) is 24.3 Å². The van der Waals surface area contributed by atoms with Crippen molar-refractivity contribution in [1.29, 1.82) is 0 Å². The van der Waals surface area contributed by atoms with Gasteiger partial charge in [0, 0.05) is 12.1 Å². The van der Waals surface area contributed by atoms with Crippen LogP contribution >= 0.6 is 0 Å². The monoisotopic (exact) mass is 240 g/mol. The average Bonchev–Trinajstić information content (AvgIpc) is 2.35. The Hall–Kier alpha value is -2.15. The molecule has 1 rings (SSSR count). The zero-order chi connectivity index (χ0) is 12.8. The Balaban J connectivity index is 2.53. The molecule has 7 nitrogen and oxygen atoms in total. The van der Waals surface area contributed by atoms with Gasteiger partial charge in [-0.05, 0) is 12.1 Å². The summed E-state index contributed by atoms with van der Waals surface area (Å²) in [5, 5.41) is 10.4. The molecule has 0 saturated heterocycles. The molecule has 0 bridgehead atoms. The molecule has 0 spiro atoms. The predicted molar refractivity (Wildman–Crippen MR) is 58.6 cm³/mol. The van der Waals surface area contributed by atoms with Gasteiger partial charge in [-0.2, -0.15) is 0 Å². The fourth-order valence-electron chi connectivity index (χ4n) is 1.07. The van der Waals surface area contributed by atoms with Gasteiger partial charge >= 0.3 is 5.97 Å². The molecule has 1 aromatic rings. The van der Waals surface area contributed by atoms with Gasteiger partial charge in [0.2, 0.25) is 0 Å². The normalized spacial score (nSPS) is 11.6. The van der Waals surface area contributed by atoms with Gasteiger partial charge in [-0.3, -0.25) is 14.9 Å². The molecule has 0 fully saturated rings. The molecule has 0 saturated carbocycles. The molecule has 0 aromatic heterocycles. The van der Waals surface area contributed by atoms with E-state index in [1.54, 1.807) is 0 Å². The highest BCUT2D eigenvalue weighted by Gasteiger charge is 2.14. The van der Waals surface area contributed by atoms with E-state index in [0.29, 0.717) is 5.75 Å². The third-order valence-corrected chi connectivity index (χ3v) is 1.98. The van der Waals surface area contributed by atoms with Crippen LogP contribution < -0.4 is 10.5 Å². The highest BCUT2D eigenvalue weighted by Crippen LogP contribution is 2.17. The number of hydrogen-bond donors (Lipinski definition) is 1. The van der Waals surface area contributed by atoms with Crippen LogP contribution in [0.4, 0.5) is 5.69 Å². The molecule has 0 aliphatic carbocycles. The Labute approximate surface area is 97.3 Å². The van der Waals surface area contributed by atoms with Gasteiger partial charge in [0.1, 0.15) is 18.4 Å². The number of carbonyl (C=O) groups is 1. The van der Waals surface area contributed by atoms with Crippen LogP contribution in [0.2, 0.25) is 0 Å². The van der Waals surface area contributed by atoms with Gasteiger partial charge in [-0.1, -0.05) is 0 Å². The maximum atomic E-state index is 11.0. The second-order valence-corrected chi connectivity index (χ2v) is 3.19. The minimum absolute atomic E-state index is 0.0328. The van der Waals surface area contributed by atoms with Gasteiger partial charge < -0.3 is 15.2 Å². The molecule has 0 amide bonds. The average molecular weight is 240 g/mol. The first-order valence-electron chi connectivity index (χ1n) is 4.75. The van der Waals surface area contributed by atoms with E-state index in [4.69, 9.17) is 10.5 Å². The van der Waals surface area contributed by atoms with E-state index in [0.717, 1.165) is 0 Å². The number of nitro benzene ring substituents is 1. The first-order chi connectivity index (χ1) is 8.04. The third kappa shape index (κ3) is 3.72. The Morgan fingerprint density at radius 2 is 2.06 bits per heavy atom. The van der Waals surface area contributed by atoms with E-state index in [1.165, 1.54) is 31.4 Å². The molecule has 17 heavy (non-hydrogen) atoms. The number of carbonyl (C=O) groups excluding carboxylic acids is 1. The molecule has 1 atom stereocenters. The van der Waals surface area contributed by atoms with Gasteiger partial charge in [0.15, 0.2) is 0 Å². The summed E-state index contributed by atoms with van der Waals surface area (Å²) in [6.07, 6.45) is 0. The minimum Gasteiger partial charge on any atom is -0.491 e. The minimum atomic E-state index is -0.879. The topological polar surface area (TPSA) is 105 Å². The van der Waals surface area contributed by atoms with Gasteiger partial charge in [0.05, 0.1) is 12.0 Å². The molecule has 7 heteroatoms. The van der Waals surface area contributed by atoms with E-state index in [9.17, 15) is 14.9 Å². The summed E-state index contributed by atoms with van der Waals surface area (Å²) in [6.45, 7) is -0.0511. The largest absolute Gasteiger partial charge is 0.491 e. The smallest absolute Gasteiger partial charge is 0.326 e. The van der Waals surface area contributed by atoms with Crippen molar-refractivity contribution in [3.63, 3.8) is 0 Å². The zero-order valence-electron chi connectivity index (χ0n) is 9.16. The number of methoxy groups -OCH3 is 1. The summed E-state index contributed by atoms with van der Waals surface area (Å²) in [5.41, 5.74) is 5.41. The summed E-state index contributed by atoms with van der Waals surface area (Å²) in [5.74, 6) is -0.179. The molecule has 0 aliphatic heterocycles. The first kappa shape index (κ1) is 12.9. The van der Waals surface area contributed by atoms with Gasteiger partial charge in [0.25, 0.3) is 5.69 Å². The van der Waals surface area contributed by atoms with Crippen LogP contribution in [0.5, 0.6) is 5.75 Å². The first-order valence-corrected chi connectivity index (χ1v) is 4.75. The zero-order valence-corrected chi connectivity index (χ0v) is 9.16. The molecule has 1 aromatic carbocycles. The van der Waals surface area contributed by atoms with Crippen LogP contribution in [0, 0.1) is 10.1 Å². The highest BCUT2D eigenvalue weighted by atomic mass is 16.6. The summed E-state index contributed by atoms with van der Waals surface area (Å²) < 4.78 is 9.59. The number of benzene rings is 1. The second-order valence-electron chi connectivity index (χ2n) is 3.19. The van der Waals surface area contributed by atoms with Crippen molar-refractivity contribution < 1.29 is 19.2 Å². The lowest BCUT2D eigenvalue weighted by Crippen LogP contribution is -2.37. The maximum Gasteiger partial charge on any atom is 0.326 e. The lowest BCUT2D eigenvalue weighted by molar-refractivity contribution is -0.384. The van der Waals surface area contributed by atoms with Crippen LogP contribution in [0.25, 0.3) is 0 Å². The lowest BCUT2D eigenvalue weighted by Gasteiger charge is -2.10. The summed E-state index contributed by atoms with van der Waals surface area (Å²) >= 11 is 0. The van der Waals surface area contributed by atoms with Crippen LogP contribution in [-0.4, -0.2) is 30.7 Å². The quantitative estimate of drug-likeness (QED) is 0.455. The predicted octanol–water partition coefficient (Wildman–Crippen LogP) is 0.474. The molecule has 92 valence electrons. The van der Waals surface area contributed by atoms with Crippen molar-refractivity contribution in [2.24, 2.45) is 5.73 Å². The van der Waals surface area contributed by atoms with Crippen molar-refractivity contribution in [1.82, 2.24) is 0 Å². The van der Waals surface area contributed by atoms with E-state index in [-0.39, 0.29) is 12.3 Å². The SMILES string of the molecule is COC(=O)C(N)COc1ccc([N+](=O)[O-])cc1. The van der Waals surface area contributed by atoms with E-state index < -0.39 is 16.9 Å². The van der Waals surface area contributed by atoms with Gasteiger partial charge in [-0.15, -0.1) is 0 Å². The maximum absolute atomic E-state index is 11.0. The summed E-state index contributed by atoms with van der Waals surface area (Å²) in [7, 11) is 1.23. The van der Waals surface area contributed by atoms with E-state index in [2.05, 4.69) is 4.74 Å². The molecule has 1 unspecified atom stereocenters. The number of nitro groups is 1. The number of esters is 1. The summed E-state index contributed by atoms with van der Waals surface area (Å²) in [4.78, 5) is 20.8. The molecule has 0 heterocycles. The lowest BCUT2D eigenvalue weighted by atomic mass is 10.3. The molecular weight excluding hydrogens is 228 g/mol. The van der Waals surface area contributed by atoms with E-state index >= 15 is 0 Å². The standard InChI is InChI=1S/C10H12N2O5/c1-16-10(13)9(11)6-17-8-4-2-7(3-5-8)12(14)15/h2-5,9H,6,11H2,1H3. The van der Waals surface area contributed by atoms with E-state index in [1.807, 2.05) is 0 Å². The molecule has 0 aliphatic rings. The van der Waals surface area contributed by atoms with Crippen molar-refractivity contribution in [2.75, 3.05) is 13.7 Å². The molecule has 0 radical (unpaired) electrons. The number of hydrogen-bond acceptors (Lipinski definition) is 6. The second kappa shape index (κ2) is 5.80. The third-order valence-electron chi connectivity index (χ3n) is 1.98. The van der Waals surface area contributed by atoms with Crippen LogP contribution in [-0.2, 0) is 9.53 Å².